The Hall–Kier alpha value is -2.52. The van der Waals surface area contributed by atoms with Gasteiger partial charge in [-0.05, 0) is 25.1 Å². The highest BCUT2D eigenvalue weighted by Gasteiger charge is 2.24. The molecule has 0 saturated carbocycles. The Bertz CT molecular complexity index is 1080. The molecule has 0 radical (unpaired) electrons. The number of benzene rings is 1. The van der Waals surface area contributed by atoms with E-state index < -0.39 is 0 Å². The van der Waals surface area contributed by atoms with E-state index in [2.05, 4.69) is 47.8 Å². The average Bonchev–Trinajstić information content (AvgIpc) is 3.30. The summed E-state index contributed by atoms with van der Waals surface area (Å²) in [6, 6.07) is 6.18. The molecule has 3 aromatic heterocycles. The second-order valence-electron chi connectivity index (χ2n) is 5.95. The van der Waals surface area contributed by atoms with Crippen LogP contribution in [0.15, 0.2) is 41.7 Å². The first-order chi connectivity index (χ1) is 12.2. The zero-order valence-corrected chi connectivity index (χ0v) is 16.1. The third-order valence-electron chi connectivity index (χ3n) is 4.34. The summed E-state index contributed by atoms with van der Waals surface area (Å²) in [5.74, 6) is 1.58. The first kappa shape index (κ1) is 16.9. The van der Waals surface area contributed by atoms with E-state index in [0.29, 0.717) is 13.1 Å². The molecule has 0 bridgehead atoms. The maximum Gasteiger partial charge on any atom is 0.171 e. The van der Waals surface area contributed by atoms with E-state index in [1.807, 2.05) is 28.6 Å². The number of fused-ring (bicyclic) bond motifs is 5. The molecule has 0 amide bonds. The smallest absolute Gasteiger partial charge is 0.171 e. The highest BCUT2D eigenvalue weighted by molar-refractivity contribution is 9.10. The molecule has 10 heteroatoms. The van der Waals surface area contributed by atoms with E-state index >= 15 is 0 Å². The predicted molar refractivity (Wildman–Crippen MR) is 100 cm³/mol. The van der Waals surface area contributed by atoms with Crippen LogP contribution in [-0.2, 0) is 13.1 Å². The molecule has 0 saturated heterocycles. The van der Waals surface area contributed by atoms with Crippen molar-refractivity contribution in [3.05, 3.63) is 58.9 Å². The highest BCUT2D eigenvalue weighted by atomic mass is 79.9. The van der Waals surface area contributed by atoms with Crippen molar-refractivity contribution in [2.24, 2.45) is 0 Å². The minimum Gasteiger partial charge on any atom is -0.312 e. The number of hydrogen-bond acceptors (Lipinski definition) is 5. The van der Waals surface area contributed by atoms with Crippen molar-refractivity contribution in [2.75, 3.05) is 0 Å². The lowest BCUT2D eigenvalue weighted by Crippen LogP contribution is -2.07. The van der Waals surface area contributed by atoms with E-state index in [4.69, 9.17) is 10.1 Å². The third-order valence-corrected chi connectivity index (χ3v) is 4.83. The van der Waals surface area contributed by atoms with Crippen LogP contribution in [0.3, 0.4) is 0 Å². The Labute approximate surface area is 163 Å². The van der Waals surface area contributed by atoms with Gasteiger partial charge in [0.05, 0.1) is 36.5 Å². The van der Waals surface area contributed by atoms with Gasteiger partial charge in [-0.15, -0.1) is 22.6 Å². The number of nitrogens with zero attached hydrogens (tertiary/aromatic N) is 8. The van der Waals surface area contributed by atoms with Gasteiger partial charge >= 0.3 is 0 Å². The Morgan fingerprint density at radius 1 is 1.15 bits per heavy atom. The molecule has 132 valence electrons. The van der Waals surface area contributed by atoms with Crippen molar-refractivity contribution in [2.45, 2.75) is 20.0 Å². The molecular formula is C16H14BrClN8. The van der Waals surface area contributed by atoms with E-state index in [-0.39, 0.29) is 12.4 Å². The lowest BCUT2D eigenvalue weighted by atomic mass is 10.1. The molecular weight excluding hydrogens is 420 g/mol. The Morgan fingerprint density at radius 2 is 1.96 bits per heavy atom. The van der Waals surface area contributed by atoms with Crippen LogP contribution in [0, 0.1) is 6.92 Å². The summed E-state index contributed by atoms with van der Waals surface area (Å²) < 4.78 is 6.92. The largest absolute Gasteiger partial charge is 0.312 e. The van der Waals surface area contributed by atoms with Crippen LogP contribution >= 0.6 is 28.3 Å². The summed E-state index contributed by atoms with van der Waals surface area (Å²) in [6.07, 6.45) is 5.19. The monoisotopic (exact) mass is 432 g/mol. The van der Waals surface area contributed by atoms with Gasteiger partial charge in [-0.2, -0.15) is 5.10 Å². The highest BCUT2D eigenvalue weighted by Crippen LogP contribution is 2.33. The quantitative estimate of drug-likeness (QED) is 0.427. The summed E-state index contributed by atoms with van der Waals surface area (Å²) >= 11 is 3.57. The van der Waals surface area contributed by atoms with E-state index in [1.165, 1.54) is 0 Å². The fourth-order valence-electron chi connectivity index (χ4n) is 3.13. The van der Waals surface area contributed by atoms with Gasteiger partial charge in [0.2, 0.25) is 0 Å². The molecule has 26 heavy (non-hydrogen) atoms. The van der Waals surface area contributed by atoms with Gasteiger partial charge in [0.1, 0.15) is 12.7 Å². The van der Waals surface area contributed by atoms with Gasteiger partial charge in [0.25, 0.3) is 0 Å². The van der Waals surface area contributed by atoms with Crippen LogP contribution in [0.4, 0.5) is 0 Å². The van der Waals surface area contributed by atoms with Crippen molar-refractivity contribution in [3.63, 3.8) is 0 Å². The Kier molecular flexibility index (Phi) is 4.12. The topological polar surface area (TPSA) is 79.2 Å². The van der Waals surface area contributed by atoms with Gasteiger partial charge in [0, 0.05) is 10.0 Å². The Balaban J connectivity index is 0.00000168. The maximum atomic E-state index is 4.78. The molecule has 0 N–H and O–H groups in total. The van der Waals surface area contributed by atoms with Gasteiger partial charge in [-0.3, -0.25) is 0 Å². The van der Waals surface area contributed by atoms with Crippen molar-refractivity contribution in [3.8, 4) is 17.1 Å². The van der Waals surface area contributed by atoms with Crippen LogP contribution in [-0.4, -0.2) is 39.1 Å². The number of halogens is 2. The molecule has 1 aliphatic heterocycles. The predicted octanol–water partition coefficient (Wildman–Crippen LogP) is 2.63. The van der Waals surface area contributed by atoms with E-state index in [0.717, 1.165) is 38.8 Å². The molecule has 8 nitrogen and oxygen atoms in total. The summed E-state index contributed by atoms with van der Waals surface area (Å²) in [7, 11) is 0. The number of imidazole rings is 1. The zero-order valence-electron chi connectivity index (χ0n) is 13.7. The fourth-order valence-corrected chi connectivity index (χ4v) is 3.49. The molecule has 4 aromatic rings. The number of aryl methyl sites for hydroxylation is 1. The van der Waals surface area contributed by atoms with Crippen molar-refractivity contribution >= 4 is 28.3 Å². The lowest BCUT2D eigenvalue weighted by Gasteiger charge is -2.08. The number of hydrogen-bond donors (Lipinski definition) is 0. The summed E-state index contributed by atoms with van der Waals surface area (Å²) in [6.45, 7) is 3.18. The summed E-state index contributed by atoms with van der Waals surface area (Å²) in [4.78, 5) is 9.25. The van der Waals surface area contributed by atoms with Crippen LogP contribution in [0.2, 0.25) is 0 Å². The molecule has 5 rings (SSSR count). The lowest BCUT2D eigenvalue weighted by molar-refractivity contribution is 0.647. The van der Waals surface area contributed by atoms with Gasteiger partial charge in [-0.1, -0.05) is 15.9 Å². The second kappa shape index (κ2) is 6.33. The van der Waals surface area contributed by atoms with Crippen molar-refractivity contribution < 1.29 is 0 Å². The SMILES string of the molecule is Cc1ncn2c1Cn1nc(Cn3cnnc3)nc1-c1cc(Br)ccc1-2.Cl. The molecule has 1 aliphatic rings. The molecule has 0 aliphatic carbocycles. The minimum absolute atomic E-state index is 0. The van der Waals surface area contributed by atoms with Crippen molar-refractivity contribution in [1.29, 1.82) is 0 Å². The molecule has 0 unspecified atom stereocenters. The summed E-state index contributed by atoms with van der Waals surface area (Å²) in [5, 5.41) is 12.4. The van der Waals surface area contributed by atoms with E-state index in [1.54, 1.807) is 12.7 Å². The molecule has 0 fully saturated rings. The molecule has 0 spiro atoms. The minimum atomic E-state index is 0. The maximum absolute atomic E-state index is 4.78. The average molecular weight is 434 g/mol. The van der Waals surface area contributed by atoms with Gasteiger partial charge in [-0.25, -0.2) is 14.6 Å². The van der Waals surface area contributed by atoms with Crippen molar-refractivity contribution in [1.82, 2.24) is 39.1 Å². The van der Waals surface area contributed by atoms with Crippen LogP contribution in [0.5, 0.6) is 0 Å². The van der Waals surface area contributed by atoms with Gasteiger partial charge in [0.15, 0.2) is 11.6 Å². The first-order valence-corrected chi connectivity index (χ1v) is 8.57. The zero-order chi connectivity index (χ0) is 17.0. The standard InChI is InChI=1S/C16H13BrN8.ClH/c1-10-14-5-25-16(21-15(22-25)6-23-8-19-20-9-23)12-4-11(17)2-3-13(12)24(14)7-18-10;/h2-4,7-9H,5-6H2,1H3;1H. The molecule has 1 aromatic carbocycles. The number of rotatable bonds is 2. The van der Waals surface area contributed by atoms with Crippen LogP contribution in [0.25, 0.3) is 17.1 Å². The third kappa shape index (κ3) is 2.63. The second-order valence-corrected chi connectivity index (χ2v) is 6.87. The van der Waals surface area contributed by atoms with Crippen LogP contribution < -0.4 is 0 Å². The van der Waals surface area contributed by atoms with Gasteiger partial charge < -0.3 is 9.13 Å². The first-order valence-electron chi connectivity index (χ1n) is 7.78. The molecule has 4 heterocycles. The normalized spacial score (nSPS) is 11.9. The summed E-state index contributed by atoms with van der Waals surface area (Å²) in [5.41, 5.74) is 4.19. The van der Waals surface area contributed by atoms with Crippen LogP contribution in [0.1, 0.15) is 17.2 Å². The Morgan fingerprint density at radius 3 is 2.77 bits per heavy atom. The van der Waals surface area contributed by atoms with E-state index in [9.17, 15) is 0 Å². The molecule has 0 atom stereocenters. The fraction of sp³-hybridized carbons (Fsp3) is 0.188. The number of aromatic nitrogens is 8.